The zero-order valence-corrected chi connectivity index (χ0v) is 22.2. The molecule has 2 aromatic rings. The number of aromatic carboxylic acids is 1. The van der Waals surface area contributed by atoms with Crippen molar-refractivity contribution in [3.63, 3.8) is 0 Å². The summed E-state index contributed by atoms with van der Waals surface area (Å²) in [5.41, 5.74) is 2.57. The summed E-state index contributed by atoms with van der Waals surface area (Å²) in [5.74, 6) is -4.80. The number of benzene rings is 2. The van der Waals surface area contributed by atoms with E-state index in [1.807, 2.05) is 12.1 Å². The Balaban J connectivity index is 1.48. The van der Waals surface area contributed by atoms with Crippen LogP contribution >= 0.6 is 0 Å². The lowest BCUT2D eigenvalue weighted by molar-refractivity contribution is -0.123. The third-order valence-electron chi connectivity index (χ3n) is 8.49. The number of fused-ring (bicyclic) bond motifs is 3. The second kappa shape index (κ2) is 10.1. The smallest absolute Gasteiger partial charge is 0.335 e. The molecule has 0 saturated carbocycles. The summed E-state index contributed by atoms with van der Waals surface area (Å²) >= 11 is 0. The largest absolute Gasteiger partial charge is 0.491 e. The fourth-order valence-electron chi connectivity index (χ4n) is 6.78. The van der Waals surface area contributed by atoms with Crippen LogP contribution in [0.25, 0.3) is 0 Å². The first-order valence-corrected chi connectivity index (χ1v) is 13.5. The second-order valence-corrected chi connectivity index (χ2v) is 10.7. The van der Waals surface area contributed by atoms with E-state index in [1.165, 1.54) is 30.3 Å². The van der Waals surface area contributed by atoms with E-state index in [9.17, 15) is 34.2 Å². The van der Waals surface area contributed by atoms with Crippen LogP contribution < -0.4 is 9.64 Å². The van der Waals surface area contributed by atoms with Gasteiger partial charge in [0.05, 0.1) is 29.7 Å². The van der Waals surface area contributed by atoms with Crippen LogP contribution in [0.4, 0.5) is 5.69 Å². The maximum Gasteiger partial charge on any atom is 0.335 e. The van der Waals surface area contributed by atoms with Gasteiger partial charge in [0, 0.05) is 28.2 Å². The van der Waals surface area contributed by atoms with Crippen molar-refractivity contribution in [1.82, 2.24) is 0 Å². The first-order valence-electron chi connectivity index (χ1n) is 13.5. The average Bonchev–Trinajstić information content (AvgIpc) is 3.23. The number of allylic oxidation sites excluding steroid dienone is 6. The zero-order valence-electron chi connectivity index (χ0n) is 22.2. The number of carboxylic acid groups (broad SMARTS) is 1. The van der Waals surface area contributed by atoms with E-state index in [0.717, 1.165) is 10.5 Å². The number of carbonyl (C=O) groups is 5. The van der Waals surface area contributed by atoms with Crippen LogP contribution in [0.5, 0.6) is 5.75 Å². The Morgan fingerprint density at radius 1 is 1.02 bits per heavy atom. The highest BCUT2D eigenvalue weighted by Crippen LogP contribution is 2.56. The SMILES string of the molecule is CC1=CC(=O)C2=C(CC3C(=CCC4C(=O)N(c5cccc(C(=O)O)c5)C(=O)C43)C2c2ccccc2OCCO)C1=O. The van der Waals surface area contributed by atoms with Gasteiger partial charge in [0.1, 0.15) is 12.4 Å². The molecule has 9 nitrogen and oxygen atoms in total. The summed E-state index contributed by atoms with van der Waals surface area (Å²) in [6, 6.07) is 12.8. The van der Waals surface area contributed by atoms with E-state index in [2.05, 4.69) is 0 Å². The monoisotopic (exact) mass is 553 g/mol. The van der Waals surface area contributed by atoms with Crippen molar-refractivity contribution in [2.24, 2.45) is 17.8 Å². The van der Waals surface area contributed by atoms with Crippen LogP contribution in [-0.2, 0) is 19.2 Å². The highest BCUT2D eigenvalue weighted by Gasteiger charge is 2.56. The molecule has 4 atom stereocenters. The van der Waals surface area contributed by atoms with Gasteiger partial charge < -0.3 is 14.9 Å². The molecule has 3 aliphatic carbocycles. The van der Waals surface area contributed by atoms with Crippen LogP contribution in [-0.4, -0.2) is 52.8 Å². The fourth-order valence-corrected chi connectivity index (χ4v) is 6.78. The number of aliphatic hydroxyl groups is 1. The predicted octanol–water partition coefficient (Wildman–Crippen LogP) is 3.39. The minimum absolute atomic E-state index is 0.0338. The number of imide groups is 1. The number of rotatable bonds is 6. The Labute approximate surface area is 235 Å². The molecular weight excluding hydrogens is 526 g/mol. The van der Waals surface area contributed by atoms with E-state index in [1.54, 1.807) is 25.1 Å². The van der Waals surface area contributed by atoms with Gasteiger partial charge in [-0.2, -0.15) is 0 Å². The topological polar surface area (TPSA) is 138 Å². The van der Waals surface area contributed by atoms with Gasteiger partial charge in [-0.1, -0.05) is 35.9 Å². The molecule has 4 aliphatic rings. The highest BCUT2D eigenvalue weighted by atomic mass is 16.5. The van der Waals surface area contributed by atoms with Crippen LogP contribution in [0.15, 0.2) is 83.0 Å². The second-order valence-electron chi connectivity index (χ2n) is 10.7. The van der Waals surface area contributed by atoms with Gasteiger partial charge in [-0.3, -0.25) is 24.1 Å². The highest BCUT2D eigenvalue weighted by molar-refractivity contribution is 6.25. The van der Waals surface area contributed by atoms with E-state index in [4.69, 9.17) is 4.74 Å². The van der Waals surface area contributed by atoms with Gasteiger partial charge in [0.25, 0.3) is 0 Å². The van der Waals surface area contributed by atoms with Crippen molar-refractivity contribution in [2.45, 2.75) is 25.7 Å². The third-order valence-corrected chi connectivity index (χ3v) is 8.49. The Kier molecular flexibility index (Phi) is 6.54. The Hall–Kier alpha value is -4.63. The number of nitrogens with zero attached hydrogens (tertiary/aromatic N) is 1. The molecular formula is C32H27NO8. The van der Waals surface area contributed by atoms with E-state index < -0.39 is 41.5 Å². The summed E-state index contributed by atoms with van der Waals surface area (Å²) < 4.78 is 5.82. The van der Waals surface area contributed by atoms with Crippen LogP contribution in [0.2, 0.25) is 0 Å². The number of Topliss-reactive ketones (excluding diaryl/α,β-unsaturated/α-hetero) is 1. The Morgan fingerprint density at radius 3 is 2.56 bits per heavy atom. The predicted molar refractivity (Wildman–Crippen MR) is 146 cm³/mol. The maximum atomic E-state index is 14.0. The molecule has 1 aliphatic heterocycles. The van der Waals surface area contributed by atoms with Crippen molar-refractivity contribution < 1.29 is 38.9 Å². The summed E-state index contributed by atoms with van der Waals surface area (Å²) in [5, 5.41) is 18.8. The number of ether oxygens (including phenoxy) is 1. The molecule has 1 saturated heterocycles. The lowest BCUT2D eigenvalue weighted by Crippen LogP contribution is -2.40. The number of hydrogen-bond acceptors (Lipinski definition) is 7. The lowest BCUT2D eigenvalue weighted by atomic mass is 9.59. The third kappa shape index (κ3) is 4.15. The van der Waals surface area contributed by atoms with Gasteiger partial charge in [0.15, 0.2) is 11.6 Å². The number of para-hydroxylation sites is 1. The van der Waals surface area contributed by atoms with Gasteiger partial charge in [-0.15, -0.1) is 0 Å². The van der Waals surface area contributed by atoms with Crippen molar-refractivity contribution in [3.8, 4) is 5.75 Å². The van der Waals surface area contributed by atoms with Crippen molar-refractivity contribution >= 4 is 35.0 Å². The number of aliphatic hydroxyl groups excluding tert-OH is 1. The molecule has 4 unspecified atom stereocenters. The van der Waals surface area contributed by atoms with E-state index in [-0.39, 0.29) is 48.9 Å². The molecule has 2 amide bonds. The molecule has 1 fully saturated rings. The number of hydrogen-bond donors (Lipinski definition) is 2. The van der Waals surface area contributed by atoms with E-state index in [0.29, 0.717) is 28.0 Å². The molecule has 208 valence electrons. The normalized spacial score (nSPS) is 25.4. The quantitative estimate of drug-likeness (QED) is 0.315. The van der Waals surface area contributed by atoms with Gasteiger partial charge >= 0.3 is 5.97 Å². The molecule has 2 N–H and O–H groups in total. The van der Waals surface area contributed by atoms with Crippen molar-refractivity contribution in [2.75, 3.05) is 18.1 Å². The summed E-state index contributed by atoms with van der Waals surface area (Å²) in [6.45, 7) is 1.41. The molecule has 41 heavy (non-hydrogen) atoms. The number of amides is 2. The van der Waals surface area contributed by atoms with Crippen LogP contribution in [0.1, 0.15) is 41.6 Å². The molecule has 0 bridgehead atoms. The first-order chi connectivity index (χ1) is 19.7. The van der Waals surface area contributed by atoms with Gasteiger partial charge in [0.2, 0.25) is 11.8 Å². The molecule has 1 heterocycles. The number of ketones is 2. The lowest BCUT2D eigenvalue weighted by Gasteiger charge is -2.42. The Bertz CT molecular complexity index is 1630. The maximum absolute atomic E-state index is 14.0. The summed E-state index contributed by atoms with van der Waals surface area (Å²) in [6.07, 6.45) is 3.65. The molecule has 9 heteroatoms. The average molecular weight is 554 g/mol. The molecule has 2 aromatic carbocycles. The number of carboxylic acids is 1. The summed E-state index contributed by atoms with van der Waals surface area (Å²) in [7, 11) is 0. The van der Waals surface area contributed by atoms with Crippen LogP contribution in [0, 0.1) is 17.8 Å². The van der Waals surface area contributed by atoms with Crippen LogP contribution in [0.3, 0.4) is 0 Å². The summed E-state index contributed by atoms with van der Waals surface area (Å²) in [4.78, 5) is 67.2. The minimum Gasteiger partial charge on any atom is -0.491 e. The number of anilines is 1. The number of carbonyl (C=O) groups excluding carboxylic acids is 4. The minimum atomic E-state index is -1.17. The Morgan fingerprint density at radius 2 is 1.80 bits per heavy atom. The molecule has 0 aromatic heterocycles. The van der Waals surface area contributed by atoms with Gasteiger partial charge in [-0.25, -0.2) is 4.79 Å². The van der Waals surface area contributed by atoms with Crippen molar-refractivity contribution in [3.05, 3.63) is 94.1 Å². The van der Waals surface area contributed by atoms with Gasteiger partial charge in [-0.05, 0) is 56.0 Å². The first kappa shape index (κ1) is 26.6. The van der Waals surface area contributed by atoms with E-state index >= 15 is 0 Å². The molecule has 0 spiro atoms. The molecule has 6 rings (SSSR count). The zero-order chi connectivity index (χ0) is 29.0. The standard InChI is InChI=1S/C32H27NO8/c1-16-13-24(35)28-23(29(16)36)15-22-19(26(28)20-7-2-3-8-25(20)41-12-11-34)9-10-21-27(22)31(38)33(30(21)37)18-6-4-5-17(14-18)32(39)40/h2-9,13-14,21-22,26-27,34H,10-12,15H2,1H3,(H,39,40). The fraction of sp³-hybridized carbons (Fsp3) is 0.281. The van der Waals surface area contributed by atoms with Crippen molar-refractivity contribution in [1.29, 1.82) is 0 Å². The molecule has 0 radical (unpaired) electrons.